The fraction of sp³-hybridized carbons (Fsp3) is 0.133. The molecule has 2 N–H and O–H groups in total. The van der Waals surface area contributed by atoms with E-state index in [1.165, 1.54) is 24.3 Å². The summed E-state index contributed by atoms with van der Waals surface area (Å²) in [5.74, 6) is -0.939. The second-order valence-electron chi connectivity index (χ2n) is 4.39. The second kappa shape index (κ2) is 5.92. The number of carbonyl (C=O) groups is 1. The Morgan fingerprint density at radius 3 is 2.75 bits per heavy atom. The third-order valence-electron chi connectivity index (χ3n) is 2.88. The molecule has 104 valence electrons. The third-order valence-corrected chi connectivity index (χ3v) is 3.20. The van der Waals surface area contributed by atoms with Crippen LogP contribution >= 0.6 is 11.6 Å². The first-order valence-corrected chi connectivity index (χ1v) is 6.32. The summed E-state index contributed by atoms with van der Waals surface area (Å²) in [6, 6.07) is 8.87. The van der Waals surface area contributed by atoms with Gasteiger partial charge in [0.1, 0.15) is 12.4 Å². The average Bonchev–Trinajstić information content (AvgIpc) is 2.39. The van der Waals surface area contributed by atoms with E-state index in [1.54, 1.807) is 12.1 Å². The van der Waals surface area contributed by atoms with E-state index in [2.05, 4.69) is 0 Å². The minimum Gasteiger partial charge on any atom is -0.457 e. The van der Waals surface area contributed by atoms with Gasteiger partial charge in [0, 0.05) is 5.69 Å². The van der Waals surface area contributed by atoms with Crippen molar-refractivity contribution in [2.45, 2.75) is 13.5 Å². The molecular weight excluding hydrogens is 281 g/mol. The Balaban J connectivity index is 2.10. The summed E-state index contributed by atoms with van der Waals surface area (Å²) in [4.78, 5) is 11.9. The summed E-state index contributed by atoms with van der Waals surface area (Å²) in [5, 5.41) is 0.228. The van der Waals surface area contributed by atoms with E-state index >= 15 is 0 Å². The van der Waals surface area contributed by atoms with Crippen molar-refractivity contribution >= 4 is 23.3 Å². The van der Waals surface area contributed by atoms with Gasteiger partial charge in [0.05, 0.1) is 10.6 Å². The van der Waals surface area contributed by atoms with Gasteiger partial charge in [0.15, 0.2) is 0 Å². The molecular formula is C15H13ClFNO2. The summed E-state index contributed by atoms with van der Waals surface area (Å²) in [6.07, 6.45) is 0. The molecule has 2 aromatic carbocycles. The number of nitrogens with two attached hydrogens (primary N) is 1. The SMILES string of the molecule is Cc1ccc(F)cc1COC(=O)c1ccc(N)cc1Cl. The number of nitrogen functional groups attached to an aromatic ring is 1. The molecule has 20 heavy (non-hydrogen) atoms. The van der Waals surface area contributed by atoms with Crippen LogP contribution in [0.3, 0.4) is 0 Å². The highest BCUT2D eigenvalue weighted by Gasteiger charge is 2.13. The van der Waals surface area contributed by atoms with Gasteiger partial charge in [0.2, 0.25) is 0 Å². The number of esters is 1. The Hall–Kier alpha value is -2.07. The lowest BCUT2D eigenvalue weighted by Crippen LogP contribution is -2.07. The molecule has 2 rings (SSSR count). The monoisotopic (exact) mass is 293 g/mol. The molecule has 0 heterocycles. The number of aryl methyl sites for hydroxylation is 1. The molecule has 5 heteroatoms. The maximum absolute atomic E-state index is 13.1. The number of hydrogen-bond acceptors (Lipinski definition) is 3. The zero-order valence-corrected chi connectivity index (χ0v) is 11.6. The van der Waals surface area contributed by atoms with Gasteiger partial charge in [-0.3, -0.25) is 0 Å². The zero-order chi connectivity index (χ0) is 14.7. The van der Waals surface area contributed by atoms with Crippen molar-refractivity contribution in [1.82, 2.24) is 0 Å². The van der Waals surface area contributed by atoms with Crippen LogP contribution in [0, 0.1) is 12.7 Å². The van der Waals surface area contributed by atoms with Crippen molar-refractivity contribution in [3.8, 4) is 0 Å². The van der Waals surface area contributed by atoms with Crippen LogP contribution in [0.5, 0.6) is 0 Å². The fourth-order valence-electron chi connectivity index (χ4n) is 1.71. The molecule has 0 unspecified atom stereocenters. The normalized spacial score (nSPS) is 10.3. The molecule has 3 nitrogen and oxygen atoms in total. The zero-order valence-electron chi connectivity index (χ0n) is 10.8. The number of hydrogen-bond donors (Lipinski definition) is 1. The molecule has 0 bridgehead atoms. The first-order valence-electron chi connectivity index (χ1n) is 5.94. The largest absolute Gasteiger partial charge is 0.457 e. The molecule has 0 saturated carbocycles. The summed E-state index contributed by atoms with van der Waals surface area (Å²) >= 11 is 5.92. The number of carbonyl (C=O) groups excluding carboxylic acids is 1. The van der Waals surface area contributed by atoms with E-state index in [1.807, 2.05) is 6.92 Å². The molecule has 0 fully saturated rings. The molecule has 0 atom stereocenters. The van der Waals surface area contributed by atoms with Crippen LogP contribution in [0.4, 0.5) is 10.1 Å². The van der Waals surface area contributed by atoms with E-state index in [0.29, 0.717) is 11.3 Å². The molecule has 2 aromatic rings. The quantitative estimate of drug-likeness (QED) is 0.693. The number of halogens is 2. The van der Waals surface area contributed by atoms with Crippen molar-refractivity contribution in [1.29, 1.82) is 0 Å². The average molecular weight is 294 g/mol. The fourth-order valence-corrected chi connectivity index (χ4v) is 1.98. The topological polar surface area (TPSA) is 52.3 Å². The summed E-state index contributed by atoms with van der Waals surface area (Å²) in [5.41, 5.74) is 7.71. The van der Waals surface area contributed by atoms with Gasteiger partial charge in [-0.1, -0.05) is 17.7 Å². The maximum Gasteiger partial charge on any atom is 0.339 e. The number of ether oxygens (including phenoxy) is 1. The Kier molecular flexibility index (Phi) is 4.25. The molecule has 0 amide bonds. The standard InChI is InChI=1S/C15H13ClFNO2/c1-9-2-3-11(17)6-10(9)8-20-15(19)13-5-4-12(18)7-14(13)16/h2-7H,8,18H2,1H3. The minimum absolute atomic E-state index is 0.0108. The van der Waals surface area contributed by atoms with Crippen LogP contribution in [0.15, 0.2) is 36.4 Å². The van der Waals surface area contributed by atoms with Gasteiger partial charge in [0.25, 0.3) is 0 Å². The molecule has 0 saturated heterocycles. The van der Waals surface area contributed by atoms with Gasteiger partial charge in [-0.2, -0.15) is 0 Å². The molecule has 0 spiro atoms. The van der Waals surface area contributed by atoms with E-state index in [0.717, 1.165) is 5.56 Å². The minimum atomic E-state index is -0.571. The highest BCUT2D eigenvalue weighted by Crippen LogP contribution is 2.21. The van der Waals surface area contributed by atoms with Crippen molar-refractivity contribution in [2.24, 2.45) is 0 Å². The Labute approximate surface area is 121 Å². The van der Waals surface area contributed by atoms with Crippen molar-refractivity contribution in [3.05, 3.63) is 63.9 Å². The van der Waals surface area contributed by atoms with Crippen LogP contribution in [-0.2, 0) is 11.3 Å². The molecule has 0 radical (unpaired) electrons. The van der Waals surface area contributed by atoms with Crippen LogP contribution in [0.2, 0.25) is 5.02 Å². The lowest BCUT2D eigenvalue weighted by atomic mass is 10.1. The van der Waals surface area contributed by atoms with Crippen molar-refractivity contribution < 1.29 is 13.9 Å². The number of anilines is 1. The second-order valence-corrected chi connectivity index (χ2v) is 4.79. The summed E-state index contributed by atoms with van der Waals surface area (Å²) in [7, 11) is 0. The van der Waals surface area contributed by atoms with Crippen LogP contribution in [-0.4, -0.2) is 5.97 Å². The first kappa shape index (κ1) is 14.3. The van der Waals surface area contributed by atoms with Crippen LogP contribution in [0.25, 0.3) is 0 Å². The number of benzene rings is 2. The van der Waals surface area contributed by atoms with E-state index in [-0.39, 0.29) is 23.0 Å². The molecule has 0 aliphatic carbocycles. The predicted molar refractivity (Wildman–Crippen MR) is 76.1 cm³/mol. The van der Waals surface area contributed by atoms with Gasteiger partial charge in [-0.15, -0.1) is 0 Å². The number of rotatable bonds is 3. The van der Waals surface area contributed by atoms with Crippen molar-refractivity contribution in [2.75, 3.05) is 5.73 Å². The maximum atomic E-state index is 13.1. The lowest BCUT2D eigenvalue weighted by Gasteiger charge is -2.09. The Morgan fingerprint density at radius 2 is 2.05 bits per heavy atom. The lowest BCUT2D eigenvalue weighted by molar-refractivity contribution is 0.0472. The smallest absolute Gasteiger partial charge is 0.339 e. The predicted octanol–water partition coefficient (Wildman–Crippen LogP) is 3.73. The van der Waals surface area contributed by atoms with Gasteiger partial charge < -0.3 is 10.5 Å². The van der Waals surface area contributed by atoms with Crippen molar-refractivity contribution in [3.63, 3.8) is 0 Å². The van der Waals surface area contributed by atoms with Gasteiger partial charge in [-0.25, -0.2) is 9.18 Å². The Bertz CT molecular complexity index is 658. The van der Waals surface area contributed by atoms with E-state index in [9.17, 15) is 9.18 Å². The van der Waals surface area contributed by atoms with Crippen LogP contribution < -0.4 is 5.73 Å². The van der Waals surface area contributed by atoms with E-state index in [4.69, 9.17) is 22.1 Å². The summed E-state index contributed by atoms with van der Waals surface area (Å²) in [6.45, 7) is 1.81. The van der Waals surface area contributed by atoms with Gasteiger partial charge >= 0.3 is 5.97 Å². The first-order chi connectivity index (χ1) is 9.47. The highest BCUT2D eigenvalue weighted by atomic mass is 35.5. The van der Waals surface area contributed by atoms with Crippen LogP contribution in [0.1, 0.15) is 21.5 Å². The Morgan fingerprint density at radius 1 is 1.30 bits per heavy atom. The third kappa shape index (κ3) is 3.27. The van der Waals surface area contributed by atoms with Gasteiger partial charge in [-0.05, 0) is 48.4 Å². The molecule has 0 aromatic heterocycles. The summed E-state index contributed by atoms with van der Waals surface area (Å²) < 4.78 is 18.3. The molecule has 0 aliphatic rings. The van der Waals surface area contributed by atoms with E-state index < -0.39 is 5.97 Å². The molecule has 0 aliphatic heterocycles. The highest BCUT2D eigenvalue weighted by molar-refractivity contribution is 6.33.